The summed E-state index contributed by atoms with van der Waals surface area (Å²) >= 11 is 6.25. The molecule has 0 radical (unpaired) electrons. The van der Waals surface area contributed by atoms with Crippen LogP contribution in [0, 0.1) is 12.8 Å². The molecule has 1 atom stereocenters. The Morgan fingerprint density at radius 2 is 2.00 bits per heavy atom. The Labute approximate surface area is 160 Å². The van der Waals surface area contributed by atoms with Crippen molar-refractivity contribution in [3.05, 3.63) is 27.8 Å². The fourth-order valence-electron chi connectivity index (χ4n) is 2.83. The van der Waals surface area contributed by atoms with Gasteiger partial charge in [-0.15, -0.1) is 0 Å². The number of carbonyl (C=O) groups excluding carboxylic acids is 1. The van der Waals surface area contributed by atoms with Crippen LogP contribution in [-0.4, -0.2) is 24.9 Å². The van der Waals surface area contributed by atoms with E-state index in [9.17, 15) is 18.0 Å². The van der Waals surface area contributed by atoms with Gasteiger partial charge in [0.2, 0.25) is 6.10 Å². The van der Waals surface area contributed by atoms with Gasteiger partial charge in [-0.1, -0.05) is 38.3 Å². The lowest BCUT2D eigenvalue weighted by atomic mass is 9.98. The lowest BCUT2D eigenvalue weighted by Crippen LogP contribution is -2.41. The molecule has 1 aliphatic rings. The molecule has 1 aliphatic heterocycles. The molecule has 0 fully saturated rings. The molecule has 1 aromatic carbocycles. The highest BCUT2D eigenvalue weighted by atomic mass is 35.5. The second-order valence-electron chi connectivity index (χ2n) is 6.27. The summed E-state index contributed by atoms with van der Waals surface area (Å²) in [4.78, 5) is 15.6. The normalized spacial score (nSPS) is 16.5. The average Bonchev–Trinajstić information content (AvgIpc) is 2.62. The Morgan fingerprint density at radius 1 is 1.37 bits per heavy atom. The molecule has 2 rings (SSSR count). The molecule has 0 bridgehead atoms. The number of fused-ring (bicyclic) bond motifs is 1. The number of alkyl halides is 3. The summed E-state index contributed by atoms with van der Waals surface area (Å²) in [5.41, 5.74) is -0.207. The van der Waals surface area contributed by atoms with Crippen molar-refractivity contribution in [3.8, 4) is 11.5 Å². The van der Waals surface area contributed by atoms with Crippen molar-refractivity contribution < 1.29 is 32.3 Å². The van der Waals surface area contributed by atoms with Gasteiger partial charge >= 0.3 is 12.1 Å². The fourth-order valence-corrected chi connectivity index (χ4v) is 3.15. The number of nitrogens with two attached hydrogens (primary N) is 1. The van der Waals surface area contributed by atoms with Crippen LogP contribution < -0.4 is 15.4 Å². The van der Waals surface area contributed by atoms with E-state index in [1.165, 1.54) is 6.07 Å². The van der Waals surface area contributed by atoms with Crippen LogP contribution in [0.3, 0.4) is 0 Å². The number of benzene rings is 1. The van der Waals surface area contributed by atoms with E-state index >= 15 is 0 Å². The SMILES string of the molecule is CCC(CC)COc1c(Cl)cc2c(c1C)OC(C(F)(F)F)C(C(=O)ON)=C2. The number of hydrogen-bond donors (Lipinski definition) is 1. The zero-order valence-corrected chi connectivity index (χ0v) is 15.9. The van der Waals surface area contributed by atoms with E-state index in [2.05, 4.69) is 4.84 Å². The summed E-state index contributed by atoms with van der Waals surface area (Å²) in [7, 11) is 0. The summed E-state index contributed by atoms with van der Waals surface area (Å²) in [6.45, 7) is 5.99. The predicted molar refractivity (Wildman–Crippen MR) is 94.5 cm³/mol. The zero-order valence-electron chi connectivity index (χ0n) is 15.2. The van der Waals surface area contributed by atoms with Crippen LogP contribution in [0.2, 0.25) is 5.02 Å². The largest absolute Gasteiger partial charge is 0.491 e. The summed E-state index contributed by atoms with van der Waals surface area (Å²) in [6.07, 6.45) is -4.50. The summed E-state index contributed by atoms with van der Waals surface area (Å²) in [6, 6.07) is 1.39. The first-order chi connectivity index (χ1) is 12.6. The lowest BCUT2D eigenvalue weighted by Gasteiger charge is -2.29. The van der Waals surface area contributed by atoms with E-state index in [4.69, 9.17) is 27.0 Å². The maximum absolute atomic E-state index is 13.4. The molecule has 27 heavy (non-hydrogen) atoms. The van der Waals surface area contributed by atoms with E-state index in [0.717, 1.165) is 18.9 Å². The maximum Gasteiger partial charge on any atom is 0.430 e. The van der Waals surface area contributed by atoms with E-state index in [1.54, 1.807) is 6.92 Å². The Bertz CT molecular complexity index is 745. The molecule has 2 N–H and O–H groups in total. The summed E-state index contributed by atoms with van der Waals surface area (Å²) in [5.74, 6) is 3.94. The molecule has 5 nitrogen and oxygen atoms in total. The van der Waals surface area contributed by atoms with Gasteiger partial charge in [0.05, 0.1) is 17.2 Å². The summed E-state index contributed by atoms with van der Waals surface area (Å²) < 4.78 is 51.0. The molecule has 0 aliphatic carbocycles. The van der Waals surface area contributed by atoms with Crippen molar-refractivity contribution in [3.63, 3.8) is 0 Å². The van der Waals surface area contributed by atoms with E-state index in [-0.39, 0.29) is 22.1 Å². The van der Waals surface area contributed by atoms with Crippen LogP contribution in [0.5, 0.6) is 11.5 Å². The van der Waals surface area contributed by atoms with Crippen molar-refractivity contribution in [2.45, 2.75) is 45.9 Å². The van der Waals surface area contributed by atoms with Gasteiger partial charge in [-0.3, -0.25) is 0 Å². The molecule has 0 saturated carbocycles. The van der Waals surface area contributed by atoms with Gasteiger partial charge in [0.15, 0.2) is 0 Å². The molecule has 0 aromatic heterocycles. The highest BCUT2D eigenvalue weighted by molar-refractivity contribution is 6.32. The van der Waals surface area contributed by atoms with Crippen molar-refractivity contribution in [1.82, 2.24) is 0 Å². The lowest BCUT2D eigenvalue weighted by molar-refractivity contribution is -0.188. The molecule has 1 aromatic rings. The smallest absolute Gasteiger partial charge is 0.430 e. The number of rotatable bonds is 6. The van der Waals surface area contributed by atoms with Gasteiger partial charge in [0.25, 0.3) is 0 Å². The highest BCUT2D eigenvalue weighted by Crippen LogP contribution is 2.45. The van der Waals surface area contributed by atoms with Gasteiger partial charge in [-0.25, -0.2) is 4.79 Å². The first-order valence-electron chi connectivity index (χ1n) is 8.45. The third kappa shape index (κ3) is 4.50. The molecule has 9 heteroatoms. The van der Waals surface area contributed by atoms with E-state index < -0.39 is 23.8 Å². The second-order valence-corrected chi connectivity index (χ2v) is 6.68. The van der Waals surface area contributed by atoms with Crippen molar-refractivity contribution in [1.29, 1.82) is 0 Å². The quantitative estimate of drug-likeness (QED) is 0.698. The van der Waals surface area contributed by atoms with E-state index in [0.29, 0.717) is 18.1 Å². The molecule has 0 amide bonds. The van der Waals surface area contributed by atoms with Crippen LogP contribution >= 0.6 is 11.6 Å². The van der Waals surface area contributed by atoms with Crippen LogP contribution in [0.1, 0.15) is 37.8 Å². The minimum absolute atomic E-state index is 0.0464. The molecule has 0 spiro atoms. The molecule has 150 valence electrons. The van der Waals surface area contributed by atoms with Crippen LogP contribution in [0.25, 0.3) is 6.08 Å². The predicted octanol–water partition coefficient (Wildman–Crippen LogP) is 4.59. The molecule has 1 unspecified atom stereocenters. The third-order valence-corrected chi connectivity index (χ3v) is 4.81. The van der Waals surface area contributed by atoms with Gasteiger partial charge < -0.3 is 14.3 Å². The third-order valence-electron chi connectivity index (χ3n) is 4.53. The number of carbonyl (C=O) groups is 1. The van der Waals surface area contributed by atoms with Crippen LogP contribution in [-0.2, 0) is 9.63 Å². The van der Waals surface area contributed by atoms with Crippen molar-refractivity contribution >= 4 is 23.6 Å². The first-order valence-corrected chi connectivity index (χ1v) is 8.83. The van der Waals surface area contributed by atoms with Crippen molar-refractivity contribution in [2.24, 2.45) is 11.8 Å². The standard InChI is InChI=1S/C18H21ClF3NO4/c1-4-10(5-2)8-25-15-9(3)14-11(7-13(15)19)6-12(17(24)27-23)16(26-14)18(20,21)22/h6-7,10,16H,4-5,8,23H2,1-3H3. The molecular formula is C18H21ClF3NO4. The maximum atomic E-state index is 13.4. The minimum Gasteiger partial charge on any atom is -0.491 e. The Kier molecular flexibility index (Phi) is 6.64. The number of ether oxygens (including phenoxy) is 2. The first kappa shape index (κ1) is 21.4. The van der Waals surface area contributed by atoms with Gasteiger partial charge in [-0.05, 0) is 25.0 Å². The monoisotopic (exact) mass is 407 g/mol. The fraction of sp³-hybridized carbons (Fsp3) is 0.500. The van der Waals surface area contributed by atoms with Crippen LogP contribution in [0.4, 0.5) is 13.2 Å². The molecule has 0 saturated heterocycles. The molecule has 1 heterocycles. The second kappa shape index (κ2) is 8.39. The average molecular weight is 408 g/mol. The minimum atomic E-state index is -4.83. The topological polar surface area (TPSA) is 70.8 Å². The zero-order chi connectivity index (χ0) is 20.4. The Balaban J connectivity index is 2.47. The van der Waals surface area contributed by atoms with Gasteiger partial charge in [0.1, 0.15) is 11.5 Å². The summed E-state index contributed by atoms with van der Waals surface area (Å²) in [5, 5.41) is 0.211. The van der Waals surface area contributed by atoms with Gasteiger partial charge in [-0.2, -0.15) is 19.1 Å². The van der Waals surface area contributed by atoms with Crippen LogP contribution in [0.15, 0.2) is 11.6 Å². The van der Waals surface area contributed by atoms with Gasteiger partial charge in [0, 0.05) is 11.1 Å². The van der Waals surface area contributed by atoms with Crippen molar-refractivity contribution in [2.75, 3.05) is 6.61 Å². The highest BCUT2D eigenvalue weighted by Gasteiger charge is 2.49. The number of hydrogen-bond acceptors (Lipinski definition) is 5. The number of halogens is 4. The Morgan fingerprint density at radius 3 is 2.52 bits per heavy atom. The Hall–Kier alpha value is -1.93. The molecular weight excluding hydrogens is 387 g/mol. The van der Waals surface area contributed by atoms with E-state index in [1.807, 2.05) is 13.8 Å².